The summed E-state index contributed by atoms with van der Waals surface area (Å²) in [6, 6.07) is 12.7. The second-order valence-electron chi connectivity index (χ2n) is 7.98. The maximum Gasteiger partial charge on any atom is 0.274 e. The van der Waals surface area contributed by atoms with Gasteiger partial charge in [0.2, 0.25) is 0 Å². The van der Waals surface area contributed by atoms with Crippen molar-refractivity contribution in [1.82, 2.24) is 14.7 Å². The highest BCUT2D eigenvalue weighted by atomic mass is 35.5. The molecule has 178 valence electrons. The molecule has 0 radical (unpaired) electrons. The molecule has 1 saturated heterocycles. The van der Waals surface area contributed by atoms with E-state index < -0.39 is 0 Å². The van der Waals surface area contributed by atoms with Crippen molar-refractivity contribution in [2.45, 2.75) is 27.0 Å². The number of benzene rings is 2. The van der Waals surface area contributed by atoms with Gasteiger partial charge in [0.1, 0.15) is 18.1 Å². The van der Waals surface area contributed by atoms with Crippen LogP contribution in [0.5, 0.6) is 5.75 Å². The summed E-state index contributed by atoms with van der Waals surface area (Å²) in [6.45, 7) is 6.74. The topological polar surface area (TPSA) is 85.7 Å². The molecule has 0 saturated carbocycles. The van der Waals surface area contributed by atoms with E-state index in [-0.39, 0.29) is 11.8 Å². The monoisotopic (exact) mass is 482 g/mol. The summed E-state index contributed by atoms with van der Waals surface area (Å²) in [5.41, 5.74) is 3.12. The lowest BCUT2D eigenvalue weighted by molar-refractivity contribution is 0.0295. The zero-order chi connectivity index (χ0) is 24.1. The van der Waals surface area contributed by atoms with Crippen LogP contribution in [0.1, 0.15) is 38.9 Å². The van der Waals surface area contributed by atoms with E-state index in [2.05, 4.69) is 10.4 Å². The molecule has 0 unspecified atom stereocenters. The molecule has 34 heavy (non-hydrogen) atoms. The van der Waals surface area contributed by atoms with Crippen LogP contribution in [0.15, 0.2) is 48.7 Å². The highest BCUT2D eigenvalue weighted by molar-refractivity contribution is 6.31. The van der Waals surface area contributed by atoms with Crippen molar-refractivity contribution in [3.8, 4) is 5.75 Å². The van der Waals surface area contributed by atoms with Crippen molar-refractivity contribution in [2.24, 2.45) is 0 Å². The Labute approximate surface area is 203 Å². The molecule has 2 heterocycles. The number of aryl methyl sites for hydroxylation is 2. The lowest BCUT2D eigenvalue weighted by Gasteiger charge is -2.27. The number of nitrogens with zero attached hydrogens (tertiary/aromatic N) is 3. The molecule has 0 atom stereocenters. The normalized spacial score (nSPS) is 13.6. The molecule has 1 aliphatic heterocycles. The standard InChI is InChI=1S/C25H27ClN4O4/c1-3-30-23(25(32)29-10-12-33-13-11-29)22(15-27-30)28-24(31)19-6-4-18(5-7-19)16-34-20-8-9-21(26)17(2)14-20/h4-9,14-15H,3,10-13,16H2,1-2H3,(H,28,31). The molecule has 0 spiro atoms. The Kier molecular flexibility index (Phi) is 7.49. The third-order valence-electron chi connectivity index (χ3n) is 5.64. The molecule has 1 aromatic heterocycles. The fourth-order valence-corrected chi connectivity index (χ4v) is 3.80. The molecule has 2 aromatic carbocycles. The quantitative estimate of drug-likeness (QED) is 0.546. The van der Waals surface area contributed by atoms with Crippen LogP contribution in [0.25, 0.3) is 0 Å². The molecule has 1 fully saturated rings. The van der Waals surface area contributed by atoms with E-state index in [1.54, 1.807) is 27.8 Å². The third-order valence-corrected chi connectivity index (χ3v) is 6.06. The predicted molar refractivity (Wildman–Crippen MR) is 130 cm³/mol. The smallest absolute Gasteiger partial charge is 0.274 e. The zero-order valence-electron chi connectivity index (χ0n) is 19.2. The first-order chi connectivity index (χ1) is 16.5. The van der Waals surface area contributed by atoms with Crippen LogP contribution in [0.2, 0.25) is 5.02 Å². The van der Waals surface area contributed by atoms with Crippen molar-refractivity contribution in [3.05, 3.63) is 76.1 Å². The molecule has 9 heteroatoms. The van der Waals surface area contributed by atoms with Crippen LogP contribution in [-0.2, 0) is 17.9 Å². The highest BCUT2D eigenvalue weighted by Crippen LogP contribution is 2.22. The van der Waals surface area contributed by atoms with E-state index in [9.17, 15) is 9.59 Å². The van der Waals surface area contributed by atoms with Gasteiger partial charge in [0.15, 0.2) is 0 Å². The molecule has 8 nitrogen and oxygen atoms in total. The summed E-state index contributed by atoms with van der Waals surface area (Å²) in [6.07, 6.45) is 1.52. The van der Waals surface area contributed by atoms with Crippen molar-refractivity contribution in [1.29, 1.82) is 0 Å². The number of hydrogen-bond donors (Lipinski definition) is 1. The average Bonchev–Trinajstić information content (AvgIpc) is 3.27. The number of carbonyl (C=O) groups is 2. The van der Waals surface area contributed by atoms with E-state index in [1.807, 2.05) is 38.1 Å². The first-order valence-corrected chi connectivity index (χ1v) is 11.6. The Morgan fingerprint density at radius 3 is 2.56 bits per heavy atom. The molecule has 0 aliphatic carbocycles. The summed E-state index contributed by atoms with van der Waals surface area (Å²) in [7, 11) is 0. The molecule has 4 rings (SSSR count). The largest absolute Gasteiger partial charge is 0.489 e. The number of morpholine rings is 1. The Hall–Kier alpha value is -3.36. The summed E-state index contributed by atoms with van der Waals surface area (Å²) < 4.78 is 12.8. The Morgan fingerprint density at radius 2 is 1.88 bits per heavy atom. The van der Waals surface area contributed by atoms with Crippen molar-refractivity contribution in [2.75, 3.05) is 31.6 Å². The van der Waals surface area contributed by atoms with Crippen molar-refractivity contribution in [3.63, 3.8) is 0 Å². The van der Waals surface area contributed by atoms with Gasteiger partial charge in [0, 0.05) is 30.2 Å². The number of hydrogen-bond acceptors (Lipinski definition) is 5. The zero-order valence-corrected chi connectivity index (χ0v) is 20.0. The molecule has 1 N–H and O–H groups in total. The number of rotatable bonds is 7. The van der Waals surface area contributed by atoms with Crippen LogP contribution < -0.4 is 10.1 Å². The maximum absolute atomic E-state index is 13.1. The summed E-state index contributed by atoms with van der Waals surface area (Å²) >= 11 is 6.05. The number of carbonyl (C=O) groups excluding carboxylic acids is 2. The molecule has 3 aromatic rings. The third kappa shape index (κ3) is 5.40. The maximum atomic E-state index is 13.1. The van der Waals surface area contributed by atoms with Crippen molar-refractivity contribution >= 4 is 29.1 Å². The Bertz CT molecular complexity index is 1170. The van der Waals surface area contributed by atoms with E-state index in [0.29, 0.717) is 61.4 Å². The number of aromatic nitrogens is 2. The minimum atomic E-state index is -0.313. The lowest BCUT2D eigenvalue weighted by atomic mass is 10.1. The number of nitrogens with one attached hydrogen (secondary N) is 1. The van der Waals surface area contributed by atoms with E-state index in [1.165, 1.54) is 6.20 Å². The van der Waals surface area contributed by atoms with Crippen LogP contribution in [0, 0.1) is 6.92 Å². The van der Waals surface area contributed by atoms with E-state index >= 15 is 0 Å². The van der Waals surface area contributed by atoms with Crippen LogP contribution in [-0.4, -0.2) is 52.8 Å². The van der Waals surface area contributed by atoms with Gasteiger partial charge in [-0.05, 0) is 55.3 Å². The number of amides is 2. The Morgan fingerprint density at radius 1 is 1.15 bits per heavy atom. The fraction of sp³-hybridized carbons (Fsp3) is 0.320. The SMILES string of the molecule is CCn1ncc(NC(=O)c2ccc(COc3ccc(Cl)c(C)c3)cc2)c1C(=O)N1CCOCC1. The van der Waals surface area contributed by atoms with Gasteiger partial charge in [-0.3, -0.25) is 14.3 Å². The van der Waals surface area contributed by atoms with Crippen LogP contribution >= 0.6 is 11.6 Å². The fourth-order valence-electron chi connectivity index (χ4n) is 3.68. The molecular weight excluding hydrogens is 456 g/mol. The van der Waals surface area contributed by atoms with Crippen molar-refractivity contribution < 1.29 is 19.1 Å². The van der Waals surface area contributed by atoms with Crippen LogP contribution in [0.4, 0.5) is 5.69 Å². The van der Waals surface area contributed by atoms with Gasteiger partial charge in [-0.15, -0.1) is 0 Å². The Balaban J connectivity index is 1.42. The lowest BCUT2D eigenvalue weighted by Crippen LogP contribution is -2.41. The van der Waals surface area contributed by atoms with Gasteiger partial charge in [-0.2, -0.15) is 5.10 Å². The minimum absolute atomic E-state index is 0.164. The van der Waals surface area contributed by atoms with Gasteiger partial charge in [0.25, 0.3) is 11.8 Å². The van der Waals surface area contributed by atoms with E-state index in [4.69, 9.17) is 21.1 Å². The number of halogens is 1. The van der Waals surface area contributed by atoms with Crippen LogP contribution in [0.3, 0.4) is 0 Å². The van der Waals surface area contributed by atoms with Gasteiger partial charge >= 0.3 is 0 Å². The summed E-state index contributed by atoms with van der Waals surface area (Å²) in [5.74, 6) is 0.254. The first kappa shape index (κ1) is 23.8. The van der Waals surface area contributed by atoms with Gasteiger partial charge in [0.05, 0.1) is 25.1 Å². The molecular formula is C25H27ClN4O4. The second-order valence-corrected chi connectivity index (χ2v) is 8.39. The molecule has 2 amide bonds. The summed E-state index contributed by atoms with van der Waals surface area (Å²) in [5, 5.41) is 7.82. The number of ether oxygens (including phenoxy) is 2. The average molecular weight is 483 g/mol. The summed E-state index contributed by atoms with van der Waals surface area (Å²) in [4.78, 5) is 27.7. The highest BCUT2D eigenvalue weighted by Gasteiger charge is 2.26. The first-order valence-electron chi connectivity index (χ1n) is 11.2. The predicted octanol–water partition coefficient (Wildman–Crippen LogP) is 4.17. The molecule has 0 bridgehead atoms. The minimum Gasteiger partial charge on any atom is -0.489 e. The number of anilines is 1. The van der Waals surface area contributed by atoms with Gasteiger partial charge in [-0.1, -0.05) is 23.7 Å². The van der Waals surface area contributed by atoms with Gasteiger partial charge < -0.3 is 19.7 Å². The second kappa shape index (κ2) is 10.7. The van der Waals surface area contributed by atoms with Gasteiger partial charge in [-0.25, -0.2) is 0 Å². The van der Waals surface area contributed by atoms with E-state index in [0.717, 1.165) is 16.9 Å². The molecule has 1 aliphatic rings.